The lowest BCUT2D eigenvalue weighted by Gasteiger charge is -2.43. The predicted octanol–water partition coefficient (Wildman–Crippen LogP) is 3.47. The second-order valence-electron chi connectivity index (χ2n) is 9.16. The summed E-state index contributed by atoms with van der Waals surface area (Å²) in [5.41, 5.74) is 8.43. The first-order chi connectivity index (χ1) is 14.5. The van der Waals surface area contributed by atoms with E-state index in [1.54, 1.807) is 6.92 Å². The zero-order valence-electron chi connectivity index (χ0n) is 17.7. The van der Waals surface area contributed by atoms with Crippen LogP contribution in [0.25, 0.3) is 0 Å². The highest BCUT2D eigenvalue weighted by Crippen LogP contribution is 2.42. The number of nitrogens with two attached hydrogens (primary N) is 1. The first-order valence-corrected chi connectivity index (χ1v) is 11.0. The molecule has 2 aromatic carbocycles. The maximum absolute atomic E-state index is 13.4. The van der Waals surface area contributed by atoms with Crippen LogP contribution in [0.2, 0.25) is 0 Å². The minimum absolute atomic E-state index is 0.0321. The number of hydrogen-bond acceptors (Lipinski definition) is 3. The molecule has 1 saturated carbocycles. The van der Waals surface area contributed by atoms with Crippen LogP contribution in [0.4, 0.5) is 4.39 Å². The molecule has 0 bridgehead atoms. The summed E-state index contributed by atoms with van der Waals surface area (Å²) in [4.78, 5) is 14.2. The van der Waals surface area contributed by atoms with Gasteiger partial charge in [-0.15, -0.1) is 0 Å². The highest BCUT2D eigenvalue weighted by molar-refractivity contribution is 5.81. The van der Waals surface area contributed by atoms with E-state index in [-0.39, 0.29) is 17.1 Å². The average Bonchev–Trinajstić information content (AvgIpc) is 3.55. The number of benzene rings is 2. The summed E-state index contributed by atoms with van der Waals surface area (Å²) in [5, 5.41) is 3.81. The van der Waals surface area contributed by atoms with Crippen LogP contribution >= 0.6 is 0 Å². The van der Waals surface area contributed by atoms with Crippen molar-refractivity contribution in [3.8, 4) is 0 Å². The summed E-state index contributed by atoms with van der Waals surface area (Å²) in [6.45, 7) is 4.13. The van der Waals surface area contributed by atoms with E-state index in [9.17, 15) is 9.18 Å². The number of hydrogen-bond donors (Lipinski definition) is 2. The lowest BCUT2D eigenvalue weighted by molar-refractivity contribution is -0.134. The third-order valence-electron chi connectivity index (χ3n) is 6.78. The Morgan fingerprint density at radius 1 is 1.17 bits per heavy atom. The normalized spacial score (nSPS) is 23.8. The van der Waals surface area contributed by atoms with Gasteiger partial charge in [0.05, 0.1) is 6.04 Å². The fourth-order valence-electron chi connectivity index (χ4n) is 4.78. The third-order valence-corrected chi connectivity index (χ3v) is 6.78. The predicted molar refractivity (Wildman–Crippen MR) is 118 cm³/mol. The van der Waals surface area contributed by atoms with Crippen LogP contribution in [0.5, 0.6) is 0 Å². The van der Waals surface area contributed by atoms with E-state index >= 15 is 0 Å². The van der Waals surface area contributed by atoms with Crippen molar-refractivity contribution in [2.45, 2.75) is 50.6 Å². The molecule has 30 heavy (non-hydrogen) atoms. The Morgan fingerprint density at radius 3 is 2.47 bits per heavy atom. The van der Waals surface area contributed by atoms with E-state index in [0.717, 1.165) is 44.5 Å². The van der Waals surface area contributed by atoms with Gasteiger partial charge in [-0.25, -0.2) is 4.39 Å². The lowest BCUT2D eigenvalue weighted by Crippen LogP contribution is -2.51. The number of likely N-dealkylation sites (tertiary alicyclic amines) is 1. The van der Waals surface area contributed by atoms with Crippen LogP contribution in [0.1, 0.15) is 43.2 Å². The van der Waals surface area contributed by atoms with Gasteiger partial charge in [0, 0.05) is 31.6 Å². The fraction of sp³-hybridized carbons (Fsp3) is 0.480. The summed E-state index contributed by atoms with van der Waals surface area (Å²) < 4.78 is 13.4. The van der Waals surface area contributed by atoms with E-state index in [1.807, 2.05) is 17.0 Å². The summed E-state index contributed by atoms with van der Waals surface area (Å²) in [7, 11) is 0. The average molecular weight is 410 g/mol. The largest absolute Gasteiger partial charge is 0.341 e. The Balaban J connectivity index is 1.42. The van der Waals surface area contributed by atoms with E-state index in [0.29, 0.717) is 12.0 Å². The molecule has 1 unspecified atom stereocenters. The SMILES string of the molecule is C[C@@H](N)C(=O)N1CCC(CN[C@@H]2CC2c2ccccc2)(Cc2ccc(F)cc2)CC1. The molecule has 1 saturated heterocycles. The van der Waals surface area contributed by atoms with Gasteiger partial charge in [-0.1, -0.05) is 42.5 Å². The van der Waals surface area contributed by atoms with Gasteiger partial charge < -0.3 is 16.0 Å². The molecular formula is C25H32FN3O. The Hall–Kier alpha value is -2.24. The first-order valence-electron chi connectivity index (χ1n) is 11.0. The second kappa shape index (κ2) is 8.86. The van der Waals surface area contributed by atoms with Crippen molar-refractivity contribution >= 4 is 5.91 Å². The molecule has 2 aromatic rings. The standard InChI is InChI=1S/C25H32FN3O/c1-18(27)24(30)29-13-11-25(12-14-29,16-19-7-9-21(26)10-8-19)17-28-23-15-22(23)20-5-3-2-4-6-20/h2-10,18,22-23,28H,11-17,27H2,1H3/t18-,22?,23-/m1/s1. The Morgan fingerprint density at radius 2 is 1.83 bits per heavy atom. The quantitative estimate of drug-likeness (QED) is 0.736. The van der Waals surface area contributed by atoms with Crippen LogP contribution in [-0.4, -0.2) is 42.5 Å². The van der Waals surface area contributed by atoms with Gasteiger partial charge in [-0.05, 0) is 61.3 Å². The van der Waals surface area contributed by atoms with Crippen molar-refractivity contribution < 1.29 is 9.18 Å². The smallest absolute Gasteiger partial charge is 0.239 e. The van der Waals surface area contributed by atoms with Crippen LogP contribution in [-0.2, 0) is 11.2 Å². The Bertz CT molecular complexity index is 844. The minimum atomic E-state index is -0.453. The zero-order chi connectivity index (χ0) is 21.1. The van der Waals surface area contributed by atoms with Crippen molar-refractivity contribution in [3.63, 3.8) is 0 Å². The van der Waals surface area contributed by atoms with E-state index in [4.69, 9.17) is 5.73 Å². The van der Waals surface area contributed by atoms with Gasteiger partial charge in [-0.2, -0.15) is 0 Å². The maximum atomic E-state index is 13.4. The molecule has 1 heterocycles. The number of nitrogens with one attached hydrogen (secondary N) is 1. The zero-order valence-corrected chi connectivity index (χ0v) is 17.7. The Labute approximate surface area is 178 Å². The number of carbonyl (C=O) groups is 1. The maximum Gasteiger partial charge on any atom is 0.239 e. The number of nitrogens with zero attached hydrogens (tertiary/aromatic N) is 1. The van der Waals surface area contributed by atoms with Gasteiger partial charge in [-0.3, -0.25) is 4.79 Å². The first kappa shape index (κ1) is 21.0. The molecule has 3 N–H and O–H groups in total. The third kappa shape index (κ3) is 4.90. The summed E-state index contributed by atoms with van der Waals surface area (Å²) in [6, 6.07) is 17.6. The fourth-order valence-corrected chi connectivity index (χ4v) is 4.78. The van der Waals surface area contributed by atoms with Crippen LogP contribution < -0.4 is 11.1 Å². The molecule has 1 amide bonds. The van der Waals surface area contributed by atoms with Crippen molar-refractivity contribution in [2.24, 2.45) is 11.1 Å². The monoisotopic (exact) mass is 409 g/mol. The van der Waals surface area contributed by atoms with Gasteiger partial charge in [0.2, 0.25) is 5.91 Å². The van der Waals surface area contributed by atoms with E-state index in [1.165, 1.54) is 24.1 Å². The van der Waals surface area contributed by atoms with Gasteiger partial charge in [0.25, 0.3) is 0 Å². The molecule has 0 aromatic heterocycles. The van der Waals surface area contributed by atoms with Crippen molar-refractivity contribution in [1.82, 2.24) is 10.2 Å². The van der Waals surface area contributed by atoms with Crippen molar-refractivity contribution in [1.29, 1.82) is 0 Å². The molecule has 0 spiro atoms. The summed E-state index contributed by atoms with van der Waals surface area (Å²) >= 11 is 0. The molecule has 4 nitrogen and oxygen atoms in total. The number of piperidine rings is 1. The molecule has 4 rings (SSSR count). The second-order valence-corrected chi connectivity index (χ2v) is 9.16. The molecule has 2 fully saturated rings. The van der Waals surface area contributed by atoms with Gasteiger partial charge in [0.1, 0.15) is 5.82 Å². The Kier molecular flexibility index (Phi) is 6.21. The minimum Gasteiger partial charge on any atom is -0.341 e. The highest BCUT2D eigenvalue weighted by Gasteiger charge is 2.42. The van der Waals surface area contributed by atoms with Crippen LogP contribution in [0.3, 0.4) is 0 Å². The topological polar surface area (TPSA) is 58.4 Å². The molecule has 1 aliphatic heterocycles. The lowest BCUT2D eigenvalue weighted by atomic mass is 9.73. The number of halogens is 1. The summed E-state index contributed by atoms with van der Waals surface area (Å²) in [5.74, 6) is 0.422. The molecule has 2 aliphatic rings. The molecule has 5 heteroatoms. The summed E-state index contributed by atoms with van der Waals surface area (Å²) in [6.07, 6.45) is 3.92. The van der Waals surface area contributed by atoms with E-state index < -0.39 is 6.04 Å². The van der Waals surface area contributed by atoms with Crippen molar-refractivity contribution in [3.05, 3.63) is 71.5 Å². The van der Waals surface area contributed by atoms with Crippen LogP contribution in [0, 0.1) is 11.2 Å². The van der Waals surface area contributed by atoms with Crippen LogP contribution in [0.15, 0.2) is 54.6 Å². The molecule has 0 radical (unpaired) electrons. The van der Waals surface area contributed by atoms with Crippen molar-refractivity contribution in [2.75, 3.05) is 19.6 Å². The number of rotatable bonds is 7. The van der Waals surface area contributed by atoms with E-state index in [2.05, 4.69) is 35.6 Å². The molecule has 3 atom stereocenters. The molecule has 160 valence electrons. The van der Waals surface area contributed by atoms with Gasteiger partial charge in [0.15, 0.2) is 0 Å². The highest BCUT2D eigenvalue weighted by atomic mass is 19.1. The number of amides is 1. The molecular weight excluding hydrogens is 377 g/mol. The van der Waals surface area contributed by atoms with Gasteiger partial charge >= 0.3 is 0 Å². The number of carbonyl (C=O) groups excluding carboxylic acids is 1. The molecule has 1 aliphatic carbocycles.